The molecule has 0 bridgehead atoms. The van der Waals surface area contributed by atoms with Gasteiger partial charge in [-0.3, -0.25) is 4.79 Å². The van der Waals surface area contributed by atoms with E-state index >= 15 is 0 Å². The van der Waals surface area contributed by atoms with Gasteiger partial charge in [-0.15, -0.1) is 0 Å². The highest BCUT2D eigenvalue weighted by Crippen LogP contribution is 2.13. The molecule has 0 unspecified atom stereocenters. The fraction of sp³-hybridized carbons (Fsp3) is 0.125. The van der Waals surface area contributed by atoms with Crippen LogP contribution in [-0.2, 0) is 4.79 Å². The third kappa shape index (κ3) is 5.58. The third-order valence-corrected chi connectivity index (χ3v) is 1.15. The Morgan fingerprint density at radius 2 is 1.88 bits per heavy atom. The van der Waals surface area contributed by atoms with Crippen LogP contribution in [0.15, 0.2) is 18.3 Å². The Bertz CT molecular complexity index is 361. The predicted octanol–water partition coefficient (Wildman–Crippen LogP) is 1.23. The number of carbonyl (C=O) groups is 2. The molecule has 1 heterocycles. The summed E-state index contributed by atoms with van der Waals surface area (Å²) in [5.74, 6) is -2.83. The number of aldehydes is 1. The molecule has 0 aliphatic heterocycles. The molecule has 5 nitrogen and oxygen atoms in total. The molecule has 8 heteroatoms. The molecule has 0 radical (unpaired) electrons. The average molecular weight is 237 g/mol. The molecule has 0 aromatic carbocycles. The number of hydrogen-bond donors (Lipinski definition) is 2. The first-order valence-electron chi connectivity index (χ1n) is 3.67. The fourth-order valence-electron chi connectivity index (χ4n) is 0.467. The summed E-state index contributed by atoms with van der Waals surface area (Å²) in [7, 11) is 0. The Morgan fingerprint density at radius 3 is 2.12 bits per heavy atom. The number of alkyl halides is 3. The second kappa shape index (κ2) is 5.69. The predicted molar refractivity (Wildman–Crippen MR) is 45.0 cm³/mol. The molecule has 0 fully saturated rings. The first-order chi connectivity index (χ1) is 7.27. The monoisotopic (exact) mass is 237 g/mol. The van der Waals surface area contributed by atoms with Crippen molar-refractivity contribution in [2.45, 2.75) is 6.18 Å². The smallest absolute Gasteiger partial charge is 0.490 e. The molecule has 0 aliphatic rings. The summed E-state index contributed by atoms with van der Waals surface area (Å²) in [6.07, 6.45) is -3.10. The van der Waals surface area contributed by atoms with Gasteiger partial charge in [-0.2, -0.15) is 13.2 Å². The van der Waals surface area contributed by atoms with Gasteiger partial charge < -0.3 is 10.2 Å². The lowest BCUT2D eigenvalue weighted by Gasteiger charge is -1.93. The molecule has 0 spiro atoms. The standard InChI is InChI=1S/C6H5NO2.C2HF3O2/c8-4-5-1-2-6(9)7-3-5;3-2(4,5)1(6)7/h1-4H,(H,7,9);(H,6,7). The van der Waals surface area contributed by atoms with Crippen LogP contribution in [0, 0.1) is 0 Å². The number of nitrogens with zero attached hydrogens (tertiary/aromatic N) is 1. The molecule has 0 saturated carbocycles. The van der Waals surface area contributed by atoms with Crippen molar-refractivity contribution in [2.75, 3.05) is 0 Å². The Hall–Kier alpha value is -2.12. The number of carbonyl (C=O) groups excluding carboxylic acids is 1. The zero-order valence-corrected chi connectivity index (χ0v) is 7.60. The number of aliphatic carboxylic acids is 1. The van der Waals surface area contributed by atoms with Gasteiger partial charge in [-0.05, 0) is 6.07 Å². The van der Waals surface area contributed by atoms with E-state index in [9.17, 15) is 18.0 Å². The SMILES string of the molecule is O=C(O)C(F)(F)F.O=Cc1ccc(O)nc1. The fourth-order valence-corrected chi connectivity index (χ4v) is 0.467. The summed E-state index contributed by atoms with van der Waals surface area (Å²) in [6.45, 7) is 0. The lowest BCUT2D eigenvalue weighted by atomic mass is 10.3. The van der Waals surface area contributed by atoms with Crippen molar-refractivity contribution in [3.63, 3.8) is 0 Å². The van der Waals surface area contributed by atoms with E-state index < -0.39 is 12.1 Å². The molecule has 1 rings (SSSR count). The maximum Gasteiger partial charge on any atom is 0.490 e. The normalized spacial score (nSPS) is 9.94. The molecule has 0 amide bonds. The number of halogens is 3. The highest BCUT2D eigenvalue weighted by Gasteiger charge is 2.38. The van der Waals surface area contributed by atoms with Crippen LogP contribution in [0.25, 0.3) is 0 Å². The van der Waals surface area contributed by atoms with Gasteiger partial charge >= 0.3 is 12.1 Å². The summed E-state index contributed by atoms with van der Waals surface area (Å²) < 4.78 is 31.7. The lowest BCUT2D eigenvalue weighted by molar-refractivity contribution is -0.192. The summed E-state index contributed by atoms with van der Waals surface area (Å²) in [5.41, 5.74) is 0.466. The number of carboxylic acid groups (broad SMARTS) is 1. The van der Waals surface area contributed by atoms with Gasteiger partial charge in [0.2, 0.25) is 5.88 Å². The van der Waals surface area contributed by atoms with E-state index in [1.807, 2.05) is 0 Å². The number of aromatic hydroxyl groups is 1. The largest absolute Gasteiger partial charge is 0.493 e. The van der Waals surface area contributed by atoms with Gasteiger partial charge in [0.05, 0.1) is 0 Å². The minimum atomic E-state index is -5.08. The van der Waals surface area contributed by atoms with E-state index in [4.69, 9.17) is 15.0 Å². The minimum absolute atomic E-state index is 0.0689. The number of carboxylic acids is 1. The molecular formula is C8H6F3NO4. The van der Waals surface area contributed by atoms with Crippen molar-refractivity contribution in [1.29, 1.82) is 0 Å². The summed E-state index contributed by atoms with van der Waals surface area (Å²) in [5, 5.41) is 15.8. The molecule has 2 N–H and O–H groups in total. The van der Waals surface area contributed by atoms with Crippen LogP contribution in [0.1, 0.15) is 10.4 Å². The van der Waals surface area contributed by atoms with Crippen molar-refractivity contribution in [2.24, 2.45) is 0 Å². The van der Waals surface area contributed by atoms with Crippen LogP contribution < -0.4 is 0 Å². The van der Waals surface area contributed by atoms with Gasteiger partial charge in [-0.25, -0.2) is 9.78 Å². The zero-order valence-electron chi connectivity index (χ0n) is 7.60. The van der Waals surface area contributed by atoms with Crippen molar-refractivity contribution >= 4 is 12.3 Å². The molecule has 88 valence electrons. The number of aromatic nitrogens is 1. The minimum Gasteiger partial charge on any atom is -0.493 e. The quantitative estimate of drug-likeness (QED) is 0.717. The molecule has 16 heavy (non-hydrogen) atoms. The van der Waals surface area contributed by atoms with E-state index in [2.05, 4.69) is 4.98 Å². The van der Waals surface area contributed by atoms with Gasteiger partial charge in [0.15, 0.2) is 6.29 Å². The third-order valence-electron chi connectivity index (χ3n) is 1.15. The Morgan fingerprint density at radius 1 is 1.38 bits per heavy atom. The van der Waals surface area contributed by atoms with Gasteiger partial charge in [0.1, 0.15) is 0 Å². The van der Waals surface area contributed by atoms with E-state index in [1.165, 1.54) is 18.3 Å². The van der Waals surface area contributed by atoms with Gasteiger partial charge in [-0.1, -0.05) is 0 Å². The molecule has 0 aliphatic carbocycles. The number of pyridine rings is 1. The van der Waals surface area contributed by atoms with Crippen molar-refractivity contribution in [3.8, 4) is 5.88 Å². The van der Waals surface area contributed by atoms with Crippen LogP contribution in [0.2, 0.25) is 0 Å². The van der Waals surface area contributed by atoms with Crippen LogP contribution in [0.5, 0.6) is 5.88 Å². The topological polar surface area (TPSA) is 87.5 Å². The molecule has 0 saturated heterocycles. The van der Waals surface area contributed by atoms with Gasteiger partial charge in [0, 0.05) is 17.8 Å². The highest BCUT2D eigenvalue weighted by atomic mass is 19.4. The van der Waals surface area contributed by atoms with E-state index in [0.717, 1.165) is 0 Å². The summed E-state index contributed by atoms with van der Waals surface area (Å²) >= 11 is 0. The van der Waals surface area contributed by atoms with Crippen LogP contribution >= 0.6 is 0 Å². The number of rotatable bonds is 1. The van der Waals surface area contributed by atoms with Crippen LogP contribution in [0.4, 0.5) is 13.2 Å². The second-order valence-electron chi connectivity index (χ2n) is 2.37. The van der Waals surface area contributed by atoms with Gasteiger partial charge in [0.25, 0.3) is 0 Å². The summed E-state index contributed by atoms with van der Waals surface area (Å²) in [4.78, 5) is 22.4. The lowest BCUT2D eigenvalue weighted by Crippen LogP contribution is -2.21. The average Bonchev–Trinajstić information content (AvgIpc) is 2.18. The maximum absolute atomic E-state index is 10.6. The maximum atomic E-state index is 10.6. The molecule has 1 aromatic rings. The highest BCUT2D eigenvalue weighted by molar-refractivity contribution is 5.74. The molecule has 1 aromatic heterocycles. The second-order valence-corrected chi connectivity index (χ2v) is 2.37. The Balaban J connectivity index is 0.000000293. The van der Waals surface area contributed by atoms with Crippen molar-refractivity contribution in [1.82, 2.24) is 4.98 Å². The Labute approximate surface area is 87.2 Å². The summed E-state index contributed by atoms with van der Waals surface area (Å²) in [6, 6.07) is 2.86. The Kier molecular flexibility index (Phi) is 4.93. The van der Waals surface area contributed by atoms with Crippen molar-refractivity contribution in [3.05, 3.63) is 23.9 Å². The van der Waals surface area contributed by atoms with Crippen LogP contribution in [0.3, 0.4) is 0 Å². The first kappa shape index (κ1) is 13.9. The zero-order chi connectivity index (χ0) is 12.8. The van der Waals surface area contributed by atoms with Crippen molar-refractivity contribution < 1.29 is 33.0 Å². The molecule has 0 atom stereocenters. The first-order valence-corrected chi connectivity index (χ1v) is 3.67. The van der Waals surface area contributed by atoms with E-state index in [-0.39, 0.29) is 5.88 Å². The van der Waals surface area contributed by atoms with E-state index in [0.29, 0.717) is 11.8 Å². The molecular weight excluding hydrogens is 231 g/mol. The van der Waals surface area contributed by atoms with E-state index in [1.54, 1.807) is 0 Å². The number of hydrogen-bond acceptors (Lipinski definition) is 4. The van der Waals surface area contributed by atoms with Crippen LogP contribution in [-0.4, -0.2) is 33.6 Å².